The van der Waals surface area contributed by atoms with Crippen molar-refractivity contribution in [2.45, 2.75) is 44.9 Å². The molecular formula is C21H28BrN3O4S. The number of piperidine rings is 1. The number of sulfonamides is 1. The van der Waals surface area contributed by atoms with Crippen LogP contribution in [0.4, 0.5) is 11.4 Å². The van der Waals surface area contributed by atoms with Gasteiger partial charge < -0.3 is 14.6 Å². The number of nitrogens with zero attached hydrogens (tertiary/aromatic N) is 2. The number of hydrogen-bond acceptors (Lipinski definition) is 5. The Balaban J connectivity index is 2.02. The van der Waals surface area contributed by atoms with Crippen LogP contribution in [0.5, 0.6) is 0 Å². The second kappa shape index (κ2) is 9.53. The lowest BCUT2D eigenvalue weighted by atomic mass is 10.1. The van der Waals surface area contributed by atoms with Gasteiger partial charge in [0.15, 0.2) is 10.4 Å². The molecule has 1 aliphatic heterocycles. The molecule has 0 atom stereocenters. The summed E-state index contributed by atoms with van der Waals surface area (Å²) in [5, 5.41) is 2.89. The largest absolute Gasteiger partial charge is 0.444 e. The second-order valence-electron chi connectivity index (χ2n) is 7.33. The van der Waals surface area contributed by atoms with E-state index in [1.807, 2.05) is 13.8 Å². The lowest BCUT2D eigenvalue weighted by Crippen LogP contribution is -2.32. The zero-order valence-electron chi connectivity index (χ0n) is 17.6. The third kappa shape index (κ3) is 4.73. The van der Waals surface area contributed by atoms with Gasteiger partial charge >= 0.3 is 0 Å². The Morgan fingerprint density at radius 2 is 1.83 bits per heavy atom. The van der Waals surface area contributed by atoms with Crippen LogP contribution in [-0.4, -0.2) is 44.8 Å². The first kappa shape index (κ1) is 22.8. The number of hydrogen-bond donors (Lipinski definition) is 1. The molecule has 1 aromatic carbocycles. The minimum absolute atomic E-state index is 0.166. The summed E-state index contributed by atoms with van der Waals surface area (Å²) in [4.78, 5) is 15.2. The van der Waals surface area contributed by atoms with Crippen molar-refractivity contribution in [3.05, 3.63) is 40.3 Å². The van der Waals surface area contributed by atoms with E-state index in [2.05, 4.69) is 26.1 Å². The number of halogens is 1. The Labute approximate surface area is 186 Å². The zero-order valence-corrected chi connectivity index (χ0v) is 20.0. The predicted molar refractivity (Wildman–Crippen MR) is 122 cm³/mol. The zero-order chi connectivity index (χ0) is 21.9. The molecule has 1 amide bonds. The molecule has 1 aliphatic rings. The minimum Gasteiger partial charge on any atom is -0.444 e. The summed E-state index contributed by atoms with van der Waals surface area (Å²) in [5.74, 6) is -0.211. The Morgan fingerprint density at radius 1 is 1.17 bits per heavy atom. The van der Waals surface area contributed by atoms with Crippen molar-refractivity contribution in [1.82, 2.24) is 4.31 Å². The summed E-state index contributed by atoms with van der Waals surface area (Å²) >= 11 is 3.24. The van der Waals surface area contributed by atoms with Gasteiger partial charge in [-0.2, -0.15) is 4.31 Å². The molecule has 0 radical (unpaired) electrons. The number of carbonyl (C=O) groups excluding carboxylic acids is 1. The summed E-state index contributed by atoms with van der Waals surface area (Å²) in [6.45, 7) is 7.91. The van der Waals surface area contributed by atoms with Gasteiger partial charge in [-0.25, -0.2) is 8.42 Å². The summed E-state index contributed by atoms with van der Waals surface area (Å²) in [5.41, 5.74) is 2.00. The molecule has 0 aliphatic carbocycles. The molecule has 0 bridgehead atoms. The van der Waals surface area contributed by atoms with E-state index in [-0.39, 0.29) is 10.7 Å². The number of rotatable bonds is 7. The van der Waals surface area contributed by atoms with Crippen LogP contribution >= 0.6 is 15.9 Å². The normalized spacial score (nSPS) is 14.9. The van der Waals surface area contributed by atoms with Crippen molar-refractivity contribution >= 4 is 43.2 Å². The highest BCUT2D eigenvalue weighted by atomic mass is 79.9. The lowest BCUT2D eigenvalue weighted by Gasteiger charge is -2.31. The smallest absolute Gasteiger partial charge is 0.291 e. The molecular weight excluding hydrogens is 470 g/mol. The third-order valence-electron chi connectivity index (χ3n) is 5.35. The second-order valence-corrected chi connectivity index (χ2v) is 10.1. The van der Waals surface area contributed by atoms with Gasteiger partial charge in [0.2, 0.25) is 10.0 Å². The fraction of sp³-hybridized carbons (Fsp3) is 0.476. The molecule has 0 saturated carbocycles. The number of benzene rings is 1. The molecule has 1 saturated heterocycles. The Morgan fingerprint density at radius 3 is 2.40 bits per heavy atom. The molecule has 164 valence electrons. The molecule has 1 aromatic heterocycles. The maximum atomic E-state index is 13.0. The van der Waals surface area contributed by atoms with Gasteiger partial charge in [-0.15, -0.1) is 0 Å². The summed E-state index contributed by atoms with van der Waals surface area (Å²) in [7, 11) is -3.64. The SMILES string of the molecule is CCN(CC)S(=O)(=O)c1ccc(N2CCCCC2)c(NC(=O)c2oc(Br)cc2C)c1. The average Bonchev–Trinajstić information content (AvgIpc) is 3.07. The Kier molecular flexibility index (Phi) is 7.26. The van der Waals surface area contributed by atoms with E-state index in [0.29, 0.717) is 29.0 Å². The molecule has 0 unspecified atom stereocenters. The highest BCUT2D eigenvalue weighted by Crippen LogP contribution is 2.33. The van der Waals surface area contributed by atoms with Crippen molar-refractivity contribution in [3.63, 3.8) is 0 Å². The van der Waals surface area contributed by atoms with Gasteiger partial charge in [-0.05, 0) is 66.4 Å². The van der Waals surface area contributed by atoms with Gasteiger partial charge in [0.05, 0.1) is 16.3 Å². The Hall–Kier alpha value is -1.84. The highest BCUT2D eigenvalue weighted by molar-refractivity contribution is 9.10. The van der Waals surface area contributed by atoms with E-state index >= 15 is 0 Å². The first-order chi connectivity index (χ1) is 14.3. The van der Waals surface area contributed by atoms with E-state index in [1.54, 1.807) is 31.2 Å². The van der Waals surface area contributed by atoms with Crippen LogP contribution in [0.15, 0.2) is 38.2 Å². The first-order valence-electron chi connectivity index (χ1n) is 10.2. The molecule has 30 heavy (non-hydrogen) atoms. The van der Waals surface area contributed by atoms with Crippen molar-refractivity contribution in [2.75, 3.05) is 36.4 Å². The summed E-state index contributed by atoms with van der Waals surface area (Å²) < 4.78 is 33.4. The van der Waals surface area contributed by atoms with Gasteiger partial charge in [0.1, 0.15) is 0 Å². The fourth-order valence-electron chi connectivity index (χ4n) is 3.75. The average molecular weight is 498 g/mol. The molecule has 1 fully saturated rings. The van der Waals surface area contributed by atoms with E-state index in [9.17, 15) is 13.2 Å². The van der Waals surface area contributed by atoms with Gasteiger partial charge in [-0.1, -0.05) is 13.8 Å². The van der Waals surface area contributed by atoms with Crippen LogP contribution in [0.25, 0.3) is 0 Å². The maximum absolute atomic E-state index is 13.0. The van der Waals surface area contributed by atoms with Crippen molar-refractivity contribution in [1.29, 1.82) is 0 Å². The van der Waals surface area contributed by atoms with Crippen LogP contribution in [0.1, 0.15) is 49.2 Å². The summed E-state index contributed by atoms with van der Waals surface area (Å²) in [6.07, 6.45) is 3.31. The van der Waals surface area contributed by atoms with Crippen molar-refractivity contribution < 1.29 is 17.6 Å². The maximum Gasteiger partial charge on any atom is 0.291 e. The number of amides is 1. The minimum atomic E-state index is -3.64. The number of anilines is 2. The Bertz CT molecular complexity index is 1010. The van der Waals surface area contributed by atoms with E-state index in [1.165, 1.54) is 10.7 Å². The molecule has 3 rings (SSSR count). The van der Waals surface area contributed by atoms with Gasteiger partial charge in [-0.3, -0.25) is 4.79 Å². The van der Waals surface area contributed by atoms with Crippen LogP contribution in [0.3, 0.4) is 0 Å². The molecule has 1 N–H and O–H groups in total. The quantitative estimate of drug-likeness (QED) is 0.602. The fourth-order valence-corrected chi connectivity index (χ4v) is 5.74. The van der Waals surface area contributed by atoms with Crippen LogP contribution < -0.4 is 10.2 Å². The number of aryl methyl sites for hydroxylation is 1. The number of nitrogens with one attached hydrogen (secondary N) is 1. The molecule has 2 heterocycles. The molecule has 7 nitrogen and oxygen atoms in total. The number of carbonyl (C=O) groups is 1. The first-order valence-corrected chi connectivity index (χ1v) is 12.5. The van der Waals surface area contributed by atoms with Crippen LogP contribution in [0, 0.1) is 6.92 Å². The van der Waals surface area contributed by atoms with E-state index in [0.717, 1.165) is 31.6 Å². The topological polar surface area (TPSA) is 82.9 Å². The van der Waals surface area contributed by atoms with E-state index in [4.69, 9.17) is 4.42 Å². The van der Waals surface area contributed by atoms with Crippen molar-refractivity contribution in [2.24, 2.45) is 0 Å². The predicted octanol–water partition coefficient (Wildman–Crippen LogP) is 4.62. The van der Waals surface area contributed by atoms with Gasteiger partial charge in [0.25, 0.3) is 5.91 Å². The van der Waals surface area contributed by atoms with Crippen LogP contribution in [0.2, 0.25) is 0 Å². The van der Waals surface area contributed by atoms with E-state index < -0.39 is 15.9 Å². The monoisotopic (exact) mass is 497 g/mol. The standard InChI is InChI=1S/C21H28BrN3O4S/c1-4-25(5-2)30(27,28)16-9-10-18(24-11-7-6-8-12-24)17(14-16)23-21(26)20-15(3)13-19(22)29-20/h9-10,13-14H,4-8,11-12H2,1-3H3,(H,23,26). The lowest BCUT2D eigenvalue weighted by molar-refractivity contribution is 0.0994. The van der Waals surface area contributed by atoms with Gasteiger partial charge in [0, 0.05) is 31.7 Å². The molecule has 0 spiro atoms. The highest BCUT2D eigenvalue weighted by Gasteiger charge is 2.25. The molecule has 9 heteroatoms. The molecule has 2 aromatic rings. The summed E-state index contributed by atoms with van der Waals surface area (Å²) in [6, 6.07) is 6.70. The van der Waals surface area contributed by atoms with Crippen LogP contribution in [-0.2, 0) is 10.0 Å². The number of furan rings is 1. The third-order valence-corrected chi connectivity index (χ3v) is 7.79. The van der Waals surface area contributed by atoms with Crippen molar-refractivity contribution in [3.8, 4) is 0 Å².